The van der Waals surface area contributed by atoms with Gasteiger partial charge in [0.1, 0.15) is 0 Å². The summed E-state index contributed by atoms with van der Waals surface area (Å²) in [6.45, 7) is 19.9. The molecule has 0 aromatic carbocycles. The molecule has 0 aliphatic carbocycles. The molecule has 0 aliphatic heterocycles. The predicted molar refractivity (Wildman–Crippen MR) is 92.6 cm³/mol. The van der Waals surface area contributed by atoms with Crippen LogP contribution in [0.1, 0.15) is 88.0 Å². The topological polar surface area (TPSA) is 46.5 Å². The van der Waals surface area contributed by atoms with Crippen LogP contribution in [-0.2, 0) is 25.3 Å². The first-order valence-electron chi connectivity index (χ1n) is 9.42. The second kappa shape index (κ2) is 9.80. The average molecular weight is 364 g/mol. The van der Waals surface area contributed by atoms with Crippen LogP contribution in [0.25, 0.3) is 0 Å². The van der Waals surface area contributed by atoms with E-state index in [0.717, 1.165) is 12.8 Å². The maximum atomic E-state index is 11.9. The van der Waals surface area contributed by atoms with Crippen LogP contribution in [0.5, 0.6) is 0 Å². The Morgan fingerprint density at radius 3 is 1.57 bits per heavy atom. The van der Waals surface area contributed by atoms with Gasteiger partial charge in [0.2, 0.25) is 0 Å². The van der Waals surface area contributed by atoms with Gasteiger partial charge >= 0.3 is 152 Å². The monoisotopic (exact) mass is 364 g/mol. The SMILES string of the molecule is CCCCCC(C(C)C)(C(C)C)C([O][Ti](=[O])[OH])(C(C)C)C(C)C. The molecule has 0 radical (unpaired) electrons. The number of unbranched alkanes of at least 4 members (excludes halogenated alkanes) is 2. The molecule has 0 rings (SSSR count). The molecule has 4 heteroatoms. The van der Waals surface area contributed by atoms with E-state index in [0.29, 0.717) is 11.8 Å². The first kappa shape index (κ1) is 23.4. The zero-order chi connectivity index (χ0) is 18.4. The molecule has 0 bridgehead atoms. The van der Waals surface area contributed by atoms with Crippen LogP contribution in [0.4, 0.5) is 0 Å². The van der Waals surface area contributed by atoms with E-state index in [2.05, 4.69) is 62.3 Å². The zero-order valence-corrected chi connectivity index (χ0v) is 18.5. The van der Waals surface area contributed by atoms with E-state index in [1.165, 1.54) is 12.8 Å². The summed E-state index contributed by atoms with van der Waals surface area (Å²) in [5.74, 6) is 1.17. The molecule has 1 N–H and O–H groups in total. The molecule has 0 aliphatic rings. The van der Waals surface area contributed by atoms with Crippen molar-refractivity contribution in [2.45, 2.75) is 93.6 Å². The van der Waals surface area contributed by atoms with Crippen molar-refractivity contribution in [3.63, 3.8) is 0 Å². The first-order chi connectivity index (χ1) is 10.5. The van der Waals surface area contributed by atoms with E-state index in [4.69, 9.17) is 3.32 Å². The Kier molecular flexibility index (Phi) is 9.98. The second-order valence-electron chi connectivity index (χ2n) is 8.28. The van der Waals surface area contributed by atoms with Crippen molar-refractivity contribution in [1.82, 2.24) is 0 Å². The molecule has 0 unspecified atom stereocenters. The van der Waals surface area contributed by atoms with E-state index in [1.807, 2.05) is 0 Å². The Morgan fingerprint density at radius 1 is 0.870 bits per heavy atom. The molecule has 0 saturated carbocycles. The average Bonchev–Trinajstić information content (AvgIpc) is 2.39. The van der Waals surface area contributed by atoms with Crippen molar-refractivity contribution >= 4 is 0 Å². The summed E-state index contributed by atoms with van der Waals surface area (Å²) in [4.78, 5) is 0. The summed E-state index contributed by atoms with van der Waals surface area (Å²) in [7, 11) is 0. The van der Waals surface area contributed by atoms with Gasteiger partial charge in [-0.25, -0.2) is 0 Å². The fourth-order valence-corrected chi connectivity index (χ4v) is 6.71. The maximum absolute atomic E-state index is 11.9. The standard InChI is InChI=1S/C19H39O.H2O.O.Ti/c1-10-11-12-13-18(14(2)3,15(4)5)19(20,16(6)7)17(8)9;;;/h14-17H,10-13H2,1-9H3;1H2;;/q-1;;;+2/p-1. The van der Waals surface area contributed by atoms with Crippen molar-refractivity contribution in [3.8, 4) is 0 Å². The number of hydrogen-bond donors (Lipinski definition) is 1. The van der Waals surface area contributed by atoms with Gasteiger partial charge in [0.25, 0.3) is 0 Å². The van der Waals surface area contributed by atoms with Gasteiger partial charge in [-0.15, -0.1) is 0 Å². The Hall–Kier alpha value is 0.434. The van der Waals surface area contributed by atoms with Crippen LogP contribution < -0.4 is 0 Å². The molecule has 23 heavy (non-hydrogen) atoms. The van der Waals surface area contributed by atoms with Gasteiger partial charge in [0.15, 0.2) is 0 Å². The van der Waals surface area contributed by atoms with Gasteiger partial charge in [0.05, 0.1) is 0 Å². The molecule has 0 heterocycles. The van der Waals surface area contributed by atoms with Crippen LogP contribution in [-0.4, -0.2) is 9.29 Å². The van der Waals surface area contributed by atoms with Crippen LogP contribution in [0.15, 0.2) is 0 Å². The molecule has 0 aromatic rings. The third-order valence-corrected chi connectivity index (χ3v) is 6.75. The minimum atomic E-state index is -3.66. The van der Waals surface area contributed by atoms with Gasteiger partial charge in [-0.3, -0.25) is 0 Å². The molecular formula is C19H40O3Ti. The van der Waals surface area contributed by atoms with Gasteiger partial charge in [-0.2, -0.15) is 0 Å². The quantitative estimate of drug-likeness (QED) is 0.377. The van der Waals surface area contributed by atoms with Crippen molar-refractivity contribution < 1.29 is 28.9 Å². The van der Waals surface area contributed by atoms with E-state index in [1.54, 1.807) is 0 Å². The van der Waals surface area contributed by atoms with Gasteiger partial charge in [0, 0.05) is 0 Å². The van der Waals surface area contributed by atoms with Crippen LogP contribution in [0.3, 0.4) is 0 Å². The summed E-state index contributed by atoms with van der Waals surface area (Å²) in [6, 6.07) is 0. The summed E-state index contributed by atoms with van der Waals surface area (Å²) in [6.07, 6.45) is 4.59. The molecule has 138 valence electrons. The molecule has 0 spiro atoms. The third-order valence-electron chi connectivity index (χ3n) is 5.95. The molecule has 0 atom stereocenters. The van der Waals surface area contributed by atoms with Crippen LogP contribution in [0, 0.1) is 29.1 Å². The van der Waals surface area contributed by atoms with Crippen molar-refractivity contribution in [1.29, 1.82) is 0 Å². The molecule has 0 fully saturated rings. The van der Waals surface area contributed by atoms with Crippen molar-refractivity contribution in [2.24, 2.45) is 29.1 Å². The number of hydrogen-bond acceptors (Lipinski definition) is 2. The number of rotatable bonds is 11. The van der Waals surface area contributed by atoms with Gasteiger partial charge in [-0.05, 0) is 0 Å². The summed E-state index contributed by atoms with van der Waals surface area (Å²) in [5, 5.41) is 0. The Balaban J connectivity index is 6.32. The first-order valence-corrected chi connectivity index (χ1v) is 11.4. The zero-order valence-electron chi connectivity index (χ0n) is 16.9. The van der Waals surface area contributed by atoms with E-state index in [9.17, 15) is 7.01 Å². The van der Waals surface area contributed by atoms with E-state index in [-0.39, 0.29) is 17.3 Å². The van der Waals surface area contributed by atoms with Crippen molar-refractivity contribution in [2.75, 3.05) is 0 Å². The van der Waals surface area contributed by atoms with E-state index >= 15 is 0 Å². The van der Waals surface area contributed by atoms with Crippen LogP contribution in [0.2, 0.25) is 0 Å². The molecular weight excluding hydrogens is 324 g/mol. The Labute approximate surface area is 151 Å². The fraction of sp³-hybridized carbons (Fsp3) is 1.00. The molecule has 3 nitrogen and oxygen atoms in total. The predicted octanol–water partition coefficient (Wildman–Crippen LogP) is 5.72. The molecule has 0 amide bonds. The summed E-state index contributed by atoms with van der Waals surface area (Å²) in [5.41, 5.74) is -0.662. The summed E-state index contributed by atoms with van der Waals surface area (Å²) < 4.78 is 27.7. The second-order valence-corrected chi connectivity index (χ2v) is 9.43. The van der Waals surface area contributed by atoms with Gasteiger partial charge < -0.3 is 0 Å². The van der Waals surface area contributed by atoms with Crippen molar-refractivity contribution in [3.05, 3.63) is 0 Å². The van der Waals surface area contributed by atoms with Crippen LogP contribution >= 0.6 is 0 Å². The Morgan fingerprint density at radius 2 is 1.30 bits per heavy atom. The third kappa shape index (κ3) is 4.74. The van der Waals surface area contributed by atoms with Gasteiger partial charge in [-0.1, -0.05) is 0 Å². The minimum absolute atomic E-state index is 0.101. The fourth-order valence-electron chi connectivity index (χ4n) is 5.23. The Bertz CT molecular complexity index is 346. The summed E-state index contributed by atoms with van der Waals surface area (Å²) >= 11 is -3.66. The normalized spacial score (nSPS) is 13.7. The molecule has 0 saturated heterocycles. The molecule has 0 aromatic heterocycles. The van der Waals surface area contributed by atoms with E-state index < -0.39 is 24.2 Å².